The summed E-state index contributed by atoms with van der Waals surface area (Å²) in [4.78, 5) is 23.4. The van der Waals surface area contributed by atoms with Crippen molar-refractivity contribution in [3.8, 4) is 5.75 Å². The molecule has 2 N–H and O–H groups in total. The fraction of sp³-hybridized carbons (Fsp3) is 0.154. The molecule has 0 aliphatic carbocycles. The van der Waals surface area contributed by atoms with E-state index < -0.39 is 35.8 Å². The van der Waals surface area contributed by atoms with Gasteiger partial charge in [0.15, 0.2) is 0 Å². The summed E-state index contributed by atoms with van der Waals surface area (Å²) in [5, 5.41) is 11.3. The van der Waals surface area contributed by atoms with Gasteiger partial charge < -0.3 is 21.4 Å². The van der Waals surface area contributed by atoms with Crippen LogP contribution >= 0.6 is 0 Å². The Morgan fingerprint density at radius 2 is 1.96 bits per heavy atom. The topological polar surface area (TPSA) is 106 Å². The van der Waals surface area contributed by atoms with Gasteiger partial charge in [-0.25, -0.2) is 0 Å². The summed E-state index contributed by atoms with van der Waals surface area (Å²) < 4.78 is 45.1. The van der Waals surface area contributed by atoms with Crippen molar-refractivity contribution in [1.82, 2.24) is 15.5 Å². The zero-order valence-corrected chi connectivity index (χ0v) is 15.3. The van der Waals surface area contributed by atoms with Crippen LogP contribution in [-0.4, -0.2) is 34.9 Å². The molecule has 1 aromatic carbocycles. The second-order valence-electron chi connectivity index (χ2n) is 4.20. The molecule has 0 bridgehead atoms. The first-order chi connectivity index (χ1) is 11.3. The van der Waals surface area contributed by atoms with Gasteiger partial charge in [-0.1, -0.05) is 11.2 Å². The summed E-state index contributed by atoms with van der Waals surface area (Å²) in [6, 6.07) is 3.99. The maximum absolute atomic E-state index is 12.2. The van der Waals surface area contributed by atoms with E-state index in [1.165, 1.54) is 12.1 Å². The molecule has 8 nitrogen and oxygen atoms in total. The van der Waals surface area contributed by atoms with Crippen LogP contribution in [0.25, 0.3) is 0 Å². The van der Waals surface area contributed by atoms with Crippen molar-refractivity contribution in [3.05, 3.63) is 42.6 Å². The standard InChI is InChI=1S/C13H10F3N4O4.Y/c1-2-17-10(22)11-19-20-12(23-11)18-9(21)7-4-3-5-8(6-7)24-13(14,15)16;/h3-6H,1-2H2,(H,17,22)(H,18,20,21);/q-1;. The van der Waals surface area contributed by atoms with Crippen molar-refractivity contribution in [2.45, 2.75) is 6.36 Å². The van der Waals surface area contributed by atoms with Gasteiger partial charge in [-0.3, -0.25) is 14.9 Å². The second-order valence-corrected chi connectivity index (χ2v) is 4.20. The summed E-state index contributed by atoms with van der Waals surface area (Å²) in [6.45, 7) is 3.49. The van der Waals surface area contributed by atoms with Gasteiger partial charge in [0, 0.05) is 38.3 Å². The predicted molar refractivity (Wildman–Crippen MR) is 73.1 cm³/mol. The summed E-state index contributed by atoms with van der Waals surface area (Å²) in [7, 11) is 0. The van der Waals surface area contributed by atoms with E-state index in [2.05, 4.69) is 32.5 Å². The molecule has 2 rings (SSSR count). The van der Waals surface area contributed by atoms with Crippen molar-refractivity contribution in [2.75, 3.05) is 11.9 Å². The number of ether oxygens (including phenoxy) is 1. The maximum atomic E-state index is 12.2. The molecule has 1 heterocycles. The molecule has 1 aromatic heterocycles. The average Bonchev–Trinajstić information content (AvgIpc) is 2.94. The van der Waals surface area contributed by atoms with E-state index in [-0.39, 0.29) is 44.8 Å². The van der Waals surface area contributed by atoms with Crippen LogP contribution in [0.1, 0.15) is 21.0 Å². The summed E-state index contributed by atoms with van der Waals surface area (Å²) >= 11 is 0. The van der Waals surface area contributed by atoms with Crippen molar-refractivity contribution >= 4 is 17.8 Å². The van der Waals surface area contributed by atoms with E-state index in [0.717, 1.165) is 12.1 Å². The van der Waals surface area contributed by atoms with E-state index in [1.54, 1.807) is 0 Å². The van der Waals surface area contributed by atoms with Crippen molar-refractivity contribution in [2.24, 2.45) is 0 Å². The van der Waals surface area contributed by atoms with Crippen LogP contribution in [0.4, 0.5) is 19.2 Å². The first-order valence-electron chi connectivity index (χ1n) is 6.36. The first-order valence-corrected chi connectivity index (χ1v) is 6.36. The van der Waals surface area contributed by atoms with E-state index >= 15 is 0 Å². The van der Waals surface area contributed by atoms with Crippen LogP contribution in [0.15, 0.2) is 28.7 Å². The van der Waals surface area contributed by atoms with Crippen molar-refractivity contribution in [3.63, 3.8) is 0 Å². The molecular weight excluding hydrogens is 422 g/mol. The van der Waals surface area contributed by atoms with Crippen LogP contribution < -0.4 is 15.4 Å². The van der Waals surface area contributed by atoms with Gasteiger partial charge in [-0.2, -0.15) is 0 Å². The third kappa shape index (κ3) is 6.42. The molecule has 131 valence electrons. The minimum atomic E-state index is -4.88. The van der Waals surface area contributed by atoms with Crippen LogP contribution in [0.5, 0.6) is 5.75 Å². The molecule has 25 heavy (non-hydrogen) atoms. The number of nitrogens with one attached hydrogen (secondary N) is 2. The summed E-state index contributed by atoms with van der Waals surface area (Å²) in [5.41, 5.74) is -0.140. The van der Waals surface area contributed by atoms with Gasteiger partial charge >= 0.3 is 24.2 Å². The average molecular weight is 432 g/mol. The zero-order chi connectivity index (χ0) is 17.7. The Bertz CT molecular complexity index is 751. The number of nitrogens with zero attached hydrogens (tertiary/aromatic N) is 2. The van der Waals surface area contributed by atoms with Gasteiger partial charge in [0.05, 0.1) is 0 Å². The minimum absolute atomic E-state index is 0. The Kier molecular flexibility index (Phi) is 7.49. The fourth-order valence-corrected chi connectivity index (χ4v) is 1.56. The zero-order valence-electron chi connectivity index (χ0n) is 12.5. The Hall–Kier alpha value is -2.01. The quantitative estimate of drug-likeness (QED) is 0.698. The minimum Gasteiger partial charge on any atom is -0.406 e. The molecule has 0 fully saturated rings. The number of aromatic nitrogens is 2. The van der Waals surface area contributed by atoms with Crippen molar-refractivity contribution < 1.29 is 64.6 Å². The fourth-order valence-electron chi connectivity index (χ4n) is 1.56. The van der Waals surface area contributed by atoms with Crippen LogP contribution in [-0.2, 0) is 32.7 Å². The molecular formula is C13H10F3N4O4Y-. The first kappa shape index (κ1) is 21.0. The summed E-state index contributed by atoms with van der Waals surface area (Å²) in [6.07, 6.45) is -4.88. The Morgan fingerprint density at radius 1 is 1.24 bits per heavy atom. The molecule has 0 unspecified atom stereocenters. The molecule has 0 aliphatic rings. The molecule has 12 heteroatoms. The van der Waals surface area contributed by atoms with Gasteiger partial charge in [0.25, 0.3) is 5.91 Å². The molecule has 0 aliphatic heterocycles. The van der Waals surface area contributed by atoms with E-state index in [1.807, 2.05) is 0 Å². The molecule has 0 saturated carbocycles. The summed E-state index contributed by atoms with van der Waals surface area (Å²) in [5.74, 6) is -2.46. The number of anilines is 1. The molecule has 0 saturated heterocycles. The van der Waals surface area contributed by atoms with E-state index in [9.17, 15) is 22.8 Å². The second kappa shape index (κ2) is 8.90. The third-order valence-corrected chi connectivity index (χ3v) is 2.46. The number of hydrogen-bond acceptors (Lipinski definition) is 6. The number of rotatable bonds is 5. The molecule has 0 spiro atoms. The monoisotopic (exact) mass is 432 g/mol. The Balaban J connectivity index is 0.00000312. The molecule has 2 aromatic rings. The largest absolute Gasteiger partial charge is 0.573 e. The predicted octanol–water partition coefficient (Wildman–Crippen LogP) is 1.78. The number of carbonyl (C=O) groups excluding carboxylic acids is 2. The Morgan fingerprint density at radius 3 is 2.60 bits per heavy atom. The molecule has 1 radical (unpaired) electrons. The third-order valence-electron chi connectivity index (χ3n) is 2.46. The van der Waals surface area contributed by atoms with Crippen LogP contribution in [0.3, 0.4) is 0 Å². The number of benzene rings is 1. The van der Waals surface area contributed by atoms with E-state index in [0.29, 0.717) is 0 Å². The van der Waals surface area contributed by atoms with Crippen LogP contribution in [0.2, 0.25) is 0 Å². The normalized spacial score (nSPS) is 10.6. The Labute approximate surface area is 164 Å². The number of hydrogen-bond donors (Lipinski definition) is 2. The number of halogens is 3. The van der Waals surface area contributed by atoms with Crippen molar-refractivity contribution in [1.29, 1.82) is 0 Å². The van der Waals surface area contributed by atoms with Gasteiger partial charge in [-0.15, -0.1) is 24.8 Å². The van der Waals surface area contributed by atoms with Gasteiger partial charge in [0.1, 0.15) is 5.75 Å². The van der Waals surface area contributed by atoms with Gasteiger partial charge in [-0.05, 0) is 18.2 Å². The smallest absolute Gasteiger partial charge is 0.406 e. The molecule has 2 amide bonds. The van der Waals surface area contributed by atoms with E-state index in [4.69, 9.17) is 4.42 Å². The van der Waals surface area contributed by atoms with Gasteiger partial charge in [0.2, 0.25) is 0 Å². The van der Waals surface area contributed by atoms with Crippen LogP contribution in [0, 0.1) is 6.92 Å². The molecule has 0 atom stereocenters. The SMILES string of the molecule is [CH2-]CNC(=O)c1nnc(NC(=O)c2cccc(OC(F)(F)F)c2)o1.[Y]. The number of alkyl halides is 3. The maximum Gasteiger partial charge on any atom is 0.573 e. The number of amides is 2. The number of carbonyl (C=O) groups is 2.